The lowest BCUT2D eigenvalue weighted by molar-refractivity contribution is 0.112. The molecule has 2 rings (SSSR count). The van der Waals surface area contributed by atoms with Gasteiger partial charge >= 0.3 is 0 Å². The molecular formula is C14H12N2O3S. The number of aryl methyl sites for hydroxylation is 1. The van der Waals surface area contributed by atoms with E-state index in [0.29, 0.717) is 17.4 Å². The third-order valence-electron chi connectivity index (χ3n) is 2.87. The highest BCUT2D eigenvalue weighted by atomic mass is 32.2. The molecule has 6 heteroatoms. The largest absolute Gasteiger partial charge is 0.352 e. The van der Waals surface area contributed by atoms with E-state index < -0.39 is 9.84 Å². The van der Waals surface area contributed by atoms with Gasteiger partial charge in [-0.2, -0.15) is 5.26 Å². The summed E-state index contributed by atoms with van der Waals surface area (Å²) in [6, 6.07) is 9.39. The van der Waals surface area contributed by atoms with E-state index in [2.05, 4.69) is 0 Å². The number of rotatable bonds is 5. The zero-order valence-corrected chi connectivity index (χ0v) is 11.4. The van der Waals surface area contributed by atoms with Gasteiger partial charge in [0.1, 0.15) is 0 Å². The molecule has 0 fully saturated rings. The molecule has 5 nitrogen and oxygen atoms in total. The number of hydrogen-bond donors (Lipinski definition) is 0. The van der Waals surface area contributed by atoms with E-state index in [-0.39, 0.29) is 17.2 Å². The van der Waals surface area contributed by atoms with Crippen LogP contribution in [0, 0.1) is 11.3 Å². The van der Waals surface area contributed by atoms with Crippen LogP contribution in [0.3, 0.4) is 0 Å². The third kappa shape index (κ3) is 3.13. The molecule has 20 heavy (non-hydrogen) atoms. The molecule has 1 aromatic heterocycles. The van der Waals surface area contributed by atoms with Crippen LogP contribution in [-0.2, 0) is 16.4 Å². The Morgan fingerprint density at radius 1 is 1.20 bits per heavy atom. The maximum atomic E-state index is 12.1. The molecule has 0 amide bonds. The lowest BCUT2D eigenvalue weighted by atomic mass is 10.2. The zero-order chi connectivity index (χ0) is 14.6. The second-order valence-electron chi connectivity index (χ2n) is 4.26. The summed E-state index contributed by atoms with van der Waals surface area (Å²) in [6.45, 7) is 0.274. The fourth-order valence-electron chi connectivity index (χ4n) is 1.75. The summed E-state index contributed by atoms with van der Waals surface area (Å²) in [6.07, 6.45) is 3.98. The maximum Gasteiger partial charge on any atom is 0.180 e. The average molecular weight is 288 g/mol. The van der Waals surface area contributed by atoms with Gasteiger partial charge in [-0.3, -0.25) is 4.79 Å². The number of hydrogen-bond acceptors (Lipinski definition) is 4. The predicted octanol–water partition coefficient (Wildman–Crippen LogP) is 1.65. The number of carbonyl (C=O) groups excluding carboxylic acids is 1. The van der Waals surface area contributed by atoms with Crippen LogP contribution >= 0.6 is 0 Å². The Hall–Kier alpha value is -2.39. The van der Waals surface area contributed by atoms with Crippen LogP contribution in [0.5, 0.6) is 0 Å². The van der Waals surface area contributed by atoms with Crippen LogP contribution in [0.4, 0.5) is 0 Å². The molecule has 0 aliphatic rings. The lowest BCUT2D eigenvalue weighted by Crippen LogP contribution is -2.12. The predicted molar refractivity (Wildman–Crippen MR) is 73.0 cm³/mol. The highest BCUT2D eigenvalue weighted by Gasteiger charge is 2.14. The van der Waals surface area contributed by atoms with Gasteiger partial charge in [-0.15, -0.1) is 0 Å². The minimum Gasteiger partial charge on any atom is -0.352 e. The Bertz CT molecular complexity index is 752. The van der Waals surface area contributed by atoms with Crippen molar-refractivity contribution in [2.24, 2.45) is 0 Å². The summed E-state index contributed by atoms with van der Waals surface area (Å²) in [4.78, 5) is 10.7. The van der Waals surface area contributed by atoms with Gasteiger partial charge in [-0.25, -0.2) is 8.42 Å². The molecule has 0 spiro atoms. The van der Waals surface area contributed by atoms with Gasteiger partial charge in [0.25, 0.3) is 0 Å². The molecule has 1 aromatic carbocycles. The van der Waals surface area contributed by atoms with Gasteiger partial charge < -0.3 is 4.57 Å². The third-order valence-corrected chi connectivity index (χ3v) is 4.58. The van der Waals surface area contributed by atoms with Crippen molar-refractivity contribution in [3.8, 4) is 6.07 Å². The first-order valence-corrected chi connectivity index (χ1v) is 7.54. The minimum absolute atomic E-state index is 0.0636. The van der Waals surface area contributed by atoms with E-state index in [0.717, 1.165) is 0 Å². The molecule has 1 heterocycles. The Morgan fingerprint density at radius 2 is 1.90 bits per heavy atom. The number of aldehydes is 1. The summed E-state index contributed by atoms with van der Waals surface area (Å²) in [5.41, 5.74) is 0.936. The van der Waals surface area contributed by atoms with Crippen LogP contribution < -0.4 is 0 Å². The molecule has 0 aliphatic carbocycles. The van der Waals surface area contributed by atoms with Crippen LogP contribution in [0.1, 0.15) is 15.9 Å². The van der Waals surface area contributed by atoms with Crippen molar-refractivity contribution in [1.82, 2.24) is 4.57 Å². The molecule has 0 bridgehead atoms. The molecule has 0 atom stereocenters. The van der Waals surface area contributed by atoms with Crippen LogP contribution in [0.15, 0.2) is 47.6 Å². The van der Waals surface area contributed by atoms with E-state index in [9.17, 15) is 13.2 Å². The Labute approximate surface area is 117 Å². The normalized spacial score (nSPS) is 10.9. The number of nitrogens with zero attached hydrogens (tertiary/aromatic N) is 2. The monoisotopic (exact) mass is 288 g/mol. The van der Waals surface area contributed by atoms with Crippen molar-refractivity contribution in [3.63, 3.8) is 0 Å². The van der Waals surface area contributed by atoms with Crippen molar-refractivity contribution in [2.75, 3.05) is 5.75 Å². The van der Waals surface area contributed by atoms with E-state index in [1.165, 1.54) is 24.3 Å². The first-order valence-electron chi connectivity index (χ1n) is 5.89. The fourth-order valence-corrected chi connectivity index (χ4v) is 2.99. The quantitative estimate of drug-likeness (QED) is 0.783. The SMILES string of the molecule is N#Cc1ccc(S(=O)(=O)CCn2ccc(C=O)c2)cc1. The maximum absolute atomic E-state index is 12.1. The van der Waals surface area contributed by atoms with Crippen molar-refractivity contribution in [2.45, 2.75) is 11.4 Å². The molecule has 0 N–H and O–H groups in total. The van der Waals surface area contributed by atoms with Crippen molar-refractivity contribution >= 4 is 16.1 Å². The van der Waals surface area contributed by atoms with Gasteiger partial charge in [-0.1, -0.05) is 0 Å². The molecule has 0 saturated carbocycles. The molecule has 0 radical (unpaired) electrons. The highest BCUT2D eigenvalue weighted by molar-refractivity contribution is 7.91. The Kier molecular flexibility index (Phi) is 4.01. The molecule has 0 unspecified atom stereocenters. The van der Waals surface area contributed by atoms with Gasteiger partial charge in [0.05, 0.1) is 22.3 Å². The fraction of sp³-hybridized carbons (Fsp3) is 0.143. The number of sulfone groups is 1. The summed E-state index contributed by atoms with van der Waals surface area (Å²) in [5.74, 6) is -0.0636. The van der Waals surface area contributed by atoms with E-state index in [1.54, 1.807) is 23.0 Å². The standard InChI is InChI=1S/C14H12N2O3S/c15-9-12-1-3-14(4-2-12)20(18,19)8-7-16-6-5-13(10-16)11-17/h1-6,10-11H,7-8H2. The smallest absolute Gasteiger partial charge is 0.180 e. The number of carbonyl (C=O) groups is 1. The summed E-state index contributed by atoms with van der Waals surface area (Å²) >= 11 is 0. The van der Waals surface area contributed by atoms with Crippen LogP contribution in [0.25, 0.3) is 0 Å². The number of nitriles is 1. The molecule has 0 aliphatic heterocycles. The average Bonchev–Trinajstić information content (AvgIpc) is 2.93. The Balaban J connectivity index is 2.10. The Morgan fingerprint density at radius 3 is 2.45 bits per heavy atom. The molecule has 2 aromatic rings. The van der Waals surface area contributed by atoms with Gasteiger partial charge in [0.15, 0.2) is 16.1 Å². The van der Waals surface area contributed by atoms with Gasteiger partial charge in [0, 0.05) is 24.5 Å². The lowest BCUT2D eigenvalue weighted by Gasteiger charge is -2.05. The first kappa shape index (κ1) is 14.0. The molecule has 0 saturated heterocycles. The first-order chi connectivity index (χ1) is 9.55. The topological polar surface area (TPSA) is 79.9 Å². The number of aromatic nitrogens is 1. The summed E-state index contributed by atoms with van der Waals surface area (Å²) in [7, 11) is -3.40. The zero-order valence-electron chi connectivity index (χ0n) is 10.6. The van der Waals surface area contributed by atoms with Crippen molar-refractivity contribution < 1.29 is 13.2 Å². The molecule has 102 valence electrons. The van der Waals surface area contributed by atoms with Crippen molar-refractivity contribution in [1.29, 1.82) is 5.26 Å². The second-order valence-corrected chi connectivity index (χ2v) is 6.36. The van der Waals surface area contributed by atoms with Crippen molar-refractivity contribution in [3.05, 3.63) is 53.9 Å². The summed E-state index contributed by atoms with van der Waals surface area (Å²) < 4.78 is 25.9. The highest BCUT2D eigenvalue weighted by Crippen LogP contribution is 2.13. The summed E-state index contributed by atoms with van der Waals surface area (Å²) in [5, 5.41) is 8.68. The number of benzene rings is 1. The molecular weight excluding hydrogens is 276 g/mol. The minimum atomic E-state index is -3.40. The van der Waals surface area contributed by atoms with Gasteiger partial charge in [0.2, 0.25) is 0 Å². The second kappa shape index (κ2) is 5.72. The van der Waals surface area contributed by atoms with E-state index in [1.807, 2.05) is 6.07 Å². The van der Waals surface area contributed by atoms with E-state index >= 15 is 0 Å². The van der Waals surface area contributed by atoms with Crippen LogP contribution in [-0.4, -0.2) is 25.0 Å². The van der Waals surface area contributed by atoms with Gasteiger partial charge in [-0.05, 0) is 30.3 Å². The van der Waals surface area contributed by atoms with Crippen LogP contribution in [0.2, 0.25) is 0 Å². The van der Waals surface area contributed by atoms with E-state index in [4.69, 9.17) is 5.26 Å².